The van der Waals surface area contributed by atoms with Crippen LogP contribution in [-0.4, -0.2) is 15.5 Å². The lowest BCUT2D eigenvalue weighted by Crippen LogP contribution is -2.32. The van der Waals surface area contributed by atoms with Gasteiger partial charge in [-0.15, -0.1) is 0 Å². The van der Waals surface area contributed by atoms with Crippen LogP contribution in [-0.2, 0) is 29.1 Å². The molecular formula is C23H20FN3O3. The molecule has 0 spiro atoms. The van der Waals surface area contributed by atoms with Crippen molar-refractivity contribution in [2.75, 3.05) is 0 Å². The summed E-state index contributed by atoms with van der Waals surface area (Å²) in [4.78, 5) is 30.3. The summed E-state index contributed by atoms with van der Waals surface area (Å²) in [5.41, 5.74) is 12.3. The fourth-order valence-corrected chi connectivity index (χ4v) is 5.38. The first-order valence-corrected chi connectivity index (χ1v) is 10.3. The minimum absolute atomic E-state index is 0.00272. The van der Waals surface area contributed by atoms with E-state index < -0.39 is 5.92 Å². The second kappa shape index (κ2) is 5.98. The lowest BCUT2D eigenvalue weighted by Gasteiger charge is -2.25. The van der Waals surface area contributed by atoms with Gasteiger partial charge in [0, 0.05) is 23.1 Å². The number of carbonyl (C=O) groups excluding carboxylic acids is 1. The summed E-state index contributed by atoms with van der Waals surface area (Å²) in [6.07, 6.45) is 1.99. The van der Waals surface area contributed by atoms with Crippen LogP contribution in [0, 0.1) is 5.82 Å². The van der Waals surface area contributed by atoms with Gasteiger partial charge in [-0.25, -0.2) is 9.37 Å². The standard InChI is InChI=1S/C23H20FN3O3/c1-2-12-13-7-18-21-14(8-27(18)22(28)15(13)9-30-23(12)29)20-16(25)4-3-10-5-11(24)6-17(26-21)19(10)20/h5-7,12,16H,2-4,8-9,25H2,1H3. The molecule has 6 nitrogen and oxygen atoms in total. The van der Waals surface area contributed by atoms with E-state index in [-0.39, 0.29) is 30.0 Å². The van der Waals surface area contributed by atoms with Gasteiger partial charge < -0.3 is 15.0 Å². The fourth-order valence-electron chi connectivity index (χ4n) is 5.38. The van der Waals surface area contributed by atoms with Crippen LogP contribution >= 0.6 is 0 Å². The van der Waals surface area contributed by atoms with Crippen LogP contribution in [0.1, 0.15) is 59.5 Å². The van der Waals surface area contributed by atoms with Gasteiger partial charge in [-0.1, -0.05) is 6.92 Å². The number of fused-ring (bicyclic) bond motifs is 5. The van der Waals surface area contributed by atoms with Gasteiger partial charge >= 0.3 is 5.97 Å². The molecule has 1 aliphatic carbocycles. The molecule has 0 saturated heterocycles. The molecule has 1 aromatic carbocycles. The average Bonchev–Trinajstić information content (AvgIpc) is 3.08. The van der Waals surface area contributed by atoms with Crippen molar-refractivity contribution in [2.45, 2.75) is 51.3 Å². The highest BCUT2D eigenvalue weighted by atomic mass is 19.1. The van der Waals surface area contributed by atoms with Crippen molar-refractivity contribution in [3.05, 3.63) is 62.2 Å². The van der Waals surface area contributed by atoms with E-state index in [9.17, 15) is 14.0 Å². The summed E-state index contributed by atoms with van der Waals surface area (Å²) in [5, 5.41) is 0.921. The molecule has 2 aliphatic heterocycles. The minimum atomic E-state index is -0.457. The first-order valence-electron chi connectivity index (χ1n) is 10.3. The first-order chi connectivity index (χ1) is 14.5. The predicted molar refractivity (Wildman–Crippen MR) is 109 cm³/mol. The minimum Gasteiger partial charge on any atom is -0.460 e. The third-order valence-electron chi connectivity index (χ3n) is 6.79. The third-order valence-corrected chi connectivity index (χ3v) is 6.79. The molecule has 4 heterocycles. The Hall–Kier alpha value is -3.06. The number of aryl methyl sites for hydroxylation is 1. The van der Waals surface area contributed by atoms with Crippen molar-refractivity contribution in [1.82, 2.24) is 9.55 Å². The van der Waals surface area contributed by atoms with Gasteiger partial charge in [0.25, 0.3) is 5.56 Å². The Labute approximate surface area is 171 Å². The largest absolute Gasteiger partial charge is 0.460 e. The number of ether oxygens (including phenoxy) is 1. The van der Waals surface area contributed by atoms with E-state index >= 15 is 0 Å². The summed E-state index contributed by atoms with van der Waals surface area (Å²) in [5.74, 6) is -1.08. The molecule has 2 unspecified atom stereocenters. The van der Waals surface area contributed by atoms with Crippen molar-refractivity contribution in [1.29, 1.82) is 0 Å². The van der Waals surface area contributed by atoms with Crippen LogP contribution in [0.2, 0.25) is 0 Å². The first kappa shape index (κ1) is 17.8. The van der Waals surface area contributed by atoms with E-state index in [4.69, 9.17) is 15.5 Å². The summed E-state index contributed by atoms with van der Waals surface area (Å²) in [6.45, 7) is 2.28. The number of hydrogen-bond acceptors (Lipinski definition) is 5. The van der Waals surface area contributed by atoms with Crippen molar-refractivity contribution in [3.8, 4) is 11.4 Å². The monoisotopic (exact) mass is 405 g/mol. The molecule has 2 aromatic heterocycles. The number of pyridine rings is 2. The summed E-state index contributed by atoms with van der Waals surface area (Å²) in [7, 11) is 0. The molecule has 2 N–H and O–H groups in total. The summed E-state index contributed by atoms with van der Waals surface area (Å²) < 4.78 is 21.2. The molecule has 0 amide bonds. The molecule has 0 fully saturated rings. The number of nitrogens with zero attached hydrogens (tertiary/aromatic N) is 2. The van der Waals surface area contributed by atoms with Gasteiger partial charge in [0.1, 0.15) is 12.4 Å². The van der Waals surface area contributed by atoms with E-state index in [1.54, 1.807) is 10.6 Å². The van der Waals surface area contributed by atoms with Gasteiger partial charge in [0.2, 0.25) is 0 Å². The Morgan fingerprint density at radius 2 is 2.10 bits per heavy atom. The van der Waals surface area contributed by atoms with Gasteiger partial charge in [-0.2, -0.15) is 0 Å². The topological polar surface area (TPSA) is 87.2 Å². The van der Waals surface area contributed by atoms with E-state index in [1.807, 2.05) is 13.0 Å². The average molecular weight is 405 g/mol. The van der Waals surface area contributed by atoms with Gasteiger partial charge in [0.05, 0.1) is 34.9 Å². The predicted octanol–water partition coefficient (Wildman–Crippen LogP) is 3.06. The normalized spacial score (nSPS) is 21.2. The molecule has 152 valence electrons. The summed E-state index contributed by atoms with van der Waals surface area (Å²) >= 11 is 0. The SMILES string of the molecule is CCC1C(=O)OCc2c1cc1n(c2=O)Cc2c-1nc1cc(F)cc3c1c2C(N)CC3. The highest BCUT2D eigenvalue weighted by Crippen LogP contribution is 2.43. The second-order valence-electron chi connectivity index (χ2n) is 8.38. The highest BCUT2D eigenvalue weighted by molar-refractivity contribution is 5.92. The molecule has 7 heteroatoms. The van der Waals surface area contributed by atoms with Gasteiger partial charge in [-0.3, -0.25) is 9.59 Å². The quantitative estimate of drug-likeness (QED) is 0.492. The van der Waals surface area contributed by atoms with Crippen molar-refractivity contribution >= 4 is 16.9 Å². The molecule has 0 bridgehead atoms. The number of halogens is 1. The van der Waals surface area contributed by atoms with Crippen molar-refractivity contribution in [2.24, 2.45) is 5.73 Å². The molecule has 3 aliphatic rings. The maximum absolute atomic E-state index is 14.2. The Morgan fingerprint density at radius 3 is 2.90 bits per heavy atom. The number of rotatable bonds is 1. The Balaban J connectivity index is 1.68. The van der Waals surface area contributed by atoms with Crippen molar-refractivity contribution in [3.63, 3.8) is 0 Å². The van der Waals surface area contributed by atoms with Gasteiger partial charge in [-0.05, 0) is 48.1 Å². The van der Waals surface area contributed by atoms with E-state index in [2.05, 4.69) is 0 Å². The summed E-state index contributed by atoms with van der Waals surface area (Å²) in [6, 6.07) is 4.71. The molecule has 6 rings (SSSR count). The Bertz CT molecular complexity index is 1340. The number of cyclic esters (lactones) is 1. The smallest absolute Gasteiger partial charge is 0.313 e. The Morgan fingerprint density at radius 1 is 1.27 bits per heavy atom. The highest BCUT2D eigenvalue weighted by Gasteiger charge is 2.36. The zero-order valence-electron chi connectivity index (χ0n) is 16.5. The van der Waals surface area contributed by atoms with Crippen LogP contribution in [0.3, 0.4) is 0 Å². The van der Waals surface area contributed by atoms with E-state index in [0.717, 1.165) is 34.1 Å². The van der Waals surface area contributed by atoms with Crippen LogP contribution in [0.4, 0.5) is 4.39 Å². The molecule has 3 aromatic rings. The lowest BCUT2D eigenvalue weighted by atomic mass is 9.84. The molecule has 0 saturated carbocycles. The molecule has 2 atom stereocenters. The number of esters is 1. The molecule has 0 radical (unpaired) electrons. The third kappa shape index (κ3) is 2.18. The number of aromatic nitrogens is 2. The zero-order chi connectivity index (χ0) is 20.7. The van der Waals surface area contributed by atoms with Gasteiger partial charge in [0.15, 0.2) is 0 Å². The lowest BCUT2D eigenvalue weighted by molar-refractivity contribution is -0.148. The maximum Gasteiger partial charge on any atom is 0.313 e. The van der Waals surface area contributed by atoms with E-state index in [0.29, 0.717) is 41.9 Å². The number of carbonyl (C=O) groups is 1. The molecule has 30 heavy (non-hydrogen) atoms. The number of nitrogens with two attached hydrogens (primary N) is 1. The second-order valence-corrected chi connectivity index (χ2v) is 8.38. The van der Waals surface area contributed by atoms with Crippen molar-refractivity contribution < 1.29 is 13.9 Å². The van der Waals surface area contributed by atoms with Crippen LogP contribution < -0.4 is 11.3 Å². The Kier molecular flexibility index (Phi) is 3.54. The zero-order valence-corrected chi connectivity index (χ0v) is 16.5. The van der Waals surface area contributed by atoms with Crippen LogP contribution in [0.15, 0.2) is 23.0 Å². The molecular weight excluding hydrogens is 385 g/mol. The number of benzene rings is 1. The maximum atomic E-state index is 14.2. The van der Waals surface area contributed by atoms with E-state index in [1.165, 1.54) is 6.07 Å². The fraction of sp³-hybridized carbons (Fsp3) is 0.348. The van der Waals surface area contributed by atoms with Crippen LogP contribution in [0.25, 0.3) is 22.3 Å². The number of hydrogen-bond donors (Lipinski definition) is 1. The van der Waals surface area contributed by atoms with Crippen LogP contribution in [0.5, 0.6) is 0 Å².